The van der Waals surface area contributed by atoms with Crippen molar-refractivity contribution in [3.05, 3.63) is 47.5 Å². The maximum atomic E-state index is 13.6. The van der Waals surface area contributed by atoms with E-state index in [1.54, 1.807) is 24.4 Å². The smallest absolute Gasteiger partial charge is 0.183 e. The number of carbonyl (C=O) groups is 1. The van der Waals surface area contributed by atoms with Crippen molar-refractivity contribution in [2.75, 3.05) is 0 Å². The maximum absolute atomic E-state index is 13.6. The number of rotatable bonds is 1. The van der Waals surface area contributed by atoms with E-state index in [4.69, 9.17) is 0 Å². The van der Waals surface area contributed by atoms with Crippen molar-refractivity contribution in [1.29, 1.82) is 0 Å². The molecule has 0 bridgehead atoms. The Labute approximate surface area is 97.9 Å². The van der Waals surface area contributed by atoms with Gasteiger partial charge in [-0.05, 0) is 25.0 Å². The molecule has 17 heavy (non-hydrogen) atoms. The number of carbonyl (C=O) groups excluding carboxylic acids is 1. The molecule has 3 rings (SSSR count). The molecule has 1 aliphatic rings. The Morgan fingerprint density at radius 3 is 2.82 bits per heavy atom. The summed E-state index contributed by atoms with van der Waals surface area (Å²) in [6.45, 7) is 0. The van der Waals surface area contributed by atoms with Gasteiger partial charge in [0.1, 0.15) is 17.2 Å². The van der Waals surface area contributed by atoms with E-state index in [1.807, 2.05) is 0 Å². The number of aryl methyl sites for hydroxylation is 1. The van der Waals surface area contributed by atoms with Gasteiger partial charge in [-0.25, -0.2) is 9.07 Å². The number of hydrogen-bond acceptors (Lipinski definition) is 2. The molecular formula is C13H11FN2O. The Kier molecular flexibility index (Phi) is 2.28. The fraction of sp³-hybridized carbons (Fsp3) is 0.231. The quantitative estimate of drug-likeness (QED) is 0.754. The highest BCUT2D eigenvalue weighted by molar-refractivity contribution is 5.96. The summed E-state index contributed by atoms with van der Waals surface area (Å²) in [5, 5.41) is 4.19. The van der Waals surface area contributed by atoms with Crippen LogP contribution in [0, 0.1) is 5.82 Å². The minimum atomic E-state index is -0.334. The number of ketones is 1. The van der Waals surface area contributed by atoms with Crippen molar-refractivity contribution in [3.63, 3.8) is 0 Å². The van der Waals surface area contributed by atoms with Crippen molar-refractivity contribution in [3.8, 4) is 5.69 Å². The number of Topliss-reactive ketones (excluding diaryl/α,β-unsaturated/α-hetero) is 1. The number of hydrogen-bond donors (Lipinski definition) is 0. The van der Waals surface area contributed by atoms with E-state index in [-0.39, 0.29) is 11.6 Å². The summed E-state index contributed by atoms with van der Waals surface area (Å²) in [7, 11) is 0. The molecule has 0 atom stereocenters. The molecule has 1 aliphatic carbocycles. The van der Waals surface area contributed by atoms with Crippen LogP contribution in [0.3, 0.4) is 0 Å². The zero-order valence-electron chi connectivity index (χ0n) is 9.19. The van der Waals surface area contributed by atoms with E-state index in [0.717, 1.165) is 18.4 Å². The van der Waals surface area contributed by atoms with Crippen LogP contribution in [0.25, 0.3) is 5.69 Å². The molecule has 0 unspecified atom stereocenters. The molecule has 86 valence electrons. The Morgan fingerprint density at radius 1 is 1.24 bits per heavy atom. The highest BCUT2D eigenvalue weighted by Gasteiger charge is 2.21. The molecule has 3 nitrogen and oxygen atoms in total. The fourth-order valence-corrected chi connectivity index (χ4v) is 2.15. The Balaban J connectivity index is 2.11. The third kappa shape index (κ3) is 1.65. The van der Waals surface area contributed by atoms with Crippen LogP contribution in [-0.2, 0) is 6.42 Å². The SMILES string of the molecule is O=C1CCCc2cn(-c3ccccc3F)nc21. The second-order valence-electron chi connectivity index (χ2n) is 4.18. The van der Waals surface area contributed by atoms with Gasteiger partial charge < -0.3 is 0 Å². The molecule has 4 heteroatoms. The van der Waals surface area contributed by atoms with Crippen LogP contribution in [0.4, 0.5) is 4.39 Å². The van der Waals surface area contributed by atoms with Gasteiger partial charge in [-0.2, -0.15) is 5.10 Å². The highest BCUT2D eigenvalue weighted by Crippen LogP contribution is 2.22. The summed E-state index contributed by atoms with van der Waals surface area (Å²) in [6, 6.07) is 6.42. The lowest BCUT2D eigenvalue weighted by Crippen LogP contribution is -2.09. The normalized spacial score (nSPS) is 14.8. The summed E-state index contributed by atoms with van der Waals surface area (Å²) < 4.78 is 15.1. The third-order valence-electron chi connectivity index (χ3n) is 3.00. The lowest BCUT2D eigenvalue weighted by Gasteiger charge is -2.05. The van der Waals surface area contributed by atoms with E-state index in [0.29, 0.717) is 17.8 Å². The zero-order chi connectivity index (χ0) is 11.8. The molecule has 0 spiro atoms. The van der Waals surface area contributed by atoms with E-state index < -0.39 is 0 Å². The van der Waals surface area contributed by atoms with Gasteiger partial charge in [-0.15, -0.1) is 0 Å². The Morgan fingerprint density at radius 2 is 2.06 bits per heavy atom. The maximum Gasteiger partial charge on any atom is 0.183 e. The lowest BCUT2D eigenvalue weighted by molar-refractivity contribution is 0.0967. The average Bonchev–Trinajstić information content (AvgIpc) is 2.75. The van der Waals surface area contributed by atoms with Gasteiger partial charge in [0, 0.05) is 18.2 Å². The van der Waals surface area contributed by atoms with Crippen LogP contribution in [-0.4, -0.2) is 15.6 Å². The topological polar surface area (TPSA) is 34.9 Å². The number of aromatic nitrogens is 2. The predicted molar refractivity (Wildman–Crippen MR) is 60.8 cm³/mol. The monoisotopic (exact) mass is 230 g/mol. The average molecular weight is 230 g/mol. The van der Waals surface area contributed by atoms with Crippen molar-refractivity contribution in [2.24, 2.45) is 0 Å². The van der Waals surface area contributed by atoms with Gasteiger partial charge in [-0.1, -0.05) is 12.1 Å². The van der Waals surface area contributed by atoms with Gasteiger partial charge in [-0.3, -0.25) is 4.79 Å². The van der Waals surface area contributed by atoms with Crippen LogP contribution >= 0.6 is 0 Å². The molecule has 0 amide bonds. The molecule has 0 saturated heterocycles. The van der Waals surface area contributed by atoms with E-state index in [2.05, 4.69) is 5.10 Å². The van der Waals surface area contributed by atoms with E-state index in [1.165, 1.54) is 10.7 Å². The first-order chi connectivity index (χ1) is 8.25. The van der Waals surface area contributed by atoms with E-state index in [9.17, 15) is 9.18 Å². The van der Waals surface area contributed by atoms with Gasteiger partial charge in [0.05, 0.1) is 0 Å². The van der Waals surface area contributed by atoms with E-state index >= 15 is 0 Å². The van der Waals surface area contributed by atoms with Crippen LogP contribution in [0.2, 0.25) is 0 Å². The number of fused-ring (bicyclic) bond motifs is 1. The summed E-state index contributed by atoms with van der Waals surface area (Å²) in [4.78, 5) is 11.6. The molecule has 1 heterocycles. The Hall–Kier alpha value is -1.97. The van der Waals surface area contributed by atoms with Crippen molar-refractivity contribution < 1.29 is 9.18 Å². The molecule has 0 aliphatic heterocycles. The summed E-state index contributed by atoms with van der Waals surface area (Å²) in [6.07, 6.45) is 4.00. The first-order valence-corrected chi connectivity index (χ1v) is 5.62. The summed E-state index contributed by atoms with van der Waals surface area (Å²) in [5.74, 6) is -0.277. The van der Waals surface area contributed by atoms with Crippen LogP contribution < -0.4 is 0 Å². The second-order valence-corrected chi connectivity index (χ2v) is 4.18. The highest BCUT2D eigenvalue weighted by atomic mass is 19.1. The number of benzene rings is 1. The second kappa shape index (κ2) is 3.80. The number of halogens is 1. The first-order valence-electron chi connectivity index (χ1n) is 5.62. The molecule has 1 aromatic carbocycles. The summed E-state index contributed by atoms with van der Waals surface area (Å²) in [5.41, 5.74) is 1.80. The lowest BCUT2D eigenvalue weighted by atomic mass is 9.97. The Bertz CT molecular complexity index is 589. The van der Waals surface area contributed by atoms with Crippen LogP contribution in [0.15, 0.2) is 30.5 Å². The largest absolute Gasteiger partial charge is 0.292 e. The van der Waals surface area contributed by atoms with Gasteiger partial charge in [0.2, 0.25) is 0 Å². The minimum Gasteiger partial charge on any atom is -0.292 e. The number of para-hydroxylation sites is 1. The summed E-state index contributed by atoms with van der Waals surface area (Å²) >= 11 is 0. The third-order valence-corrected chi connectivity index (χ3v) is 3.00. The van der Waals surface area contributed by atoms with Crippen LogP contribution in [0.1, 0.15) is 28.9 Å². The molecule has 0 fully saturated rings. The molecule has 0 saturated carbocycles. The predicted octanol–water partition coefficient (Wildman–Crippen LogP) is 2.53. The number of nitrogens with zero attached hydrogens (tertiary/aromatic N) is 2. The van der Waals surface area contributed by atoms with Crippen molar-refractivity contribution in [2.45, 2.75) is 19.3 Å². The van der Waals surface area contributed by atoms with Crippen molar-refractivity contribution in [1.82, 2.24) is 9.78 Å². The molecule has 0 N–H and O–H groups in total. The van der Waals surface area contributed by atoms with Crippen LogP contribution in [0.5, 0.6) is 0 Å². The van der Waals surface area contributed by atoms with Crippen molar-refractivity contribution >= 4 is 5.78 Å². The molecule has 2 aromatic rings. The standard InChI is InChI=1S/C13H11FN2O/c14-10-5-1-2-6-11(10)16-8-9-4-3-7-12(17)13(9)15-16/h1-2,5-6,8H,3-4,7H2. The minimum absolute atomic E-state index is 0.0568. The first kappa shape index (κ1) is 10.2. The van der Waals surface area contributed by atoms with Gasteiger partial charge in [0.25, 0.3) is 0 Å². The fourth-order valence-electron chi connectivity index (χ4n) is 2.15. The zero-order valence-corrected chi connectivity index (χ0v) is 9.19. The molecule has 1 aromatic heterocycles. The van der Waals surface area contributed by atoms with Gasteiger partial charge in [0.15, 0.2) is 5.78 Å². The van der Waals surface area contributed by atoms with Gasteiger partial charge >= 0.3 is 0 Å². The molecular weight excluding hydrogens is 219 g/mol. The molecule has 0 radical (unpaired) electrons.